The second-order valence-electron chi connectivity index (χ2n) is 10.7. The molecule has 2 amide bonds. The van der Waals surface area contributed by atoms with Crippen LogP contribution in [0.3, 0.4) is 0 Å². The van der Waals surface area contributed by atoms with Crippen LogP contribution in [0.1, 0.15) is 66.6 Å². The first-order chi connectivity index (χ1) is 18.0. The van der Waals surface area contributed by atoms with Crippen molar-refractivity contribution >= 4 is 33.6 Å². The van der Waals surface area contributed by atoms with Gasteiger partial charge in [-0.15, -0.1) is 0 Å². The number of hydrogen-bond donors (Lipinski definition) is 0. The molecule has 38 heavy (non-hydrogen) atoms. The van der Waals surface area contributed by atoms with E-state index < -0.39 is 17.5 Å². The van der Waals surface area contributed by atoms with Gasteiger partial charge in [-0.1, -0.05) is 51.8 Å². The van der Waals surface area contributed by atoms with Gasteiger partial charge in [-0.05, 0) is 70.2 Å². The highest BCUT2D eigenvalue weighted by molar-refractivity contribution is 9.10. The van der Waals surface area contributed by atoms with Gasteiger partial charge < -0.3 is 9.64 Å². The lowest BCUT2D eigenvalue weighted by molar-refractivity contribution is 0.0576. The smallest absolute Gasteiger partial charge is 0.415 e. The molecular weight excluding hydrogens is 549 g/mol. The largest absolute Gasteiger partial charge is 0.443 e. The van der Waals surface area contributed by atoms with Crippen LogP contribution in [0.15, 0.2) is 65.4 Å². The Hall–Kier alpha value is -3.26. The van der Waals surface area contributed by atoms with Crippen LogP contribution in [0, 0.1) is 12.7 Å². The minimum atomic E-state index is -0.754. The van der Waals surface area contributed by atoms with Crippen molar-refractivity contribution in [2.45, 2.75) is 58.6 Å². The van der Waals surface area contributed by atoms with Gasteiger partial charge in [-0.3, -0.25) is 14.7 Å². The Morgan fingerprint density at radius 3 is 2.50 bits per heavy atom. The van der Waals surface area contributed by atoms with Crippen LogP contribution in [0.4, 0.5) is 14.9 Å². The molecule has 1 aliphatic rings. The van der Waals surface area contributed by atoms with E-state index in [0.717, 1.165) is 12.8 Å². The second-order valence-corrected chi connectivity index (χ2v) is 11.6. The molecule has 3 aromatic rings. The Morgan fingerprint density at radius 2 is 1.84 bits per heavy atom. The SMILES string of the molecule is Cc1cccc(C2CCN(C(=O)c3cncc(N(Cc4ccc(Br)cc4F)C(=O)OC(C)(C)C)c3)CC2)c1. The number of hydrogen-bond acceptors (Lipinski definition) is 4. The van der Waals surface area contributed by atoms with Crippen LogP contribution >= 0.6 is 15.9 Å². The molecular formula is C30H33BrFN3O3. The zero-order valence-corrected chi connectivity index (χ0v) is 23.8. The van der Waals surface area contributed by atoms with E-state index in [2.05, 4.69) is 52.1 Å². The number of rotatable bonds is 5. The van der Waals surface area contributed by atoms with E-state index >= 15 is 0 Å². The minimum absolute atomic E-state index is 0.0742. The fourth-order valence-electron chi connectivity index (χ4n) is 4.61. The third kappa shape index (κ3) is 6.98. The molecule has 2 aromatic carbocycles. The molecule has 1 saturated heterocycles. The molecule has 8 heteroatoms. The highest BCUT2D eigenvalue weighted by Gasteiger charge is 2.28. The van der Waals surface area contributed by atoms with Gasteiger partial charge >= 0.3 is 6.09 Å². The Labute approximate surface area is 231 Å². The number of amides is 2. The van der Waals surface area contributed by atoms with Crippen LogP contribution in [0.25, 0.3) is 0 Å². The van der Waals surface area contributed by atoms with E-state index in [4.69, 9.17) is 4.74 Å². The number of ether oxygens (including phenoxy) is 1. The number of aryl methyl sites for hydroxylation is 1. The van der Waals surface area contributed by atoms with E-state index in [9.17, 15) is 14.0 Å². The predicted octanol–water partition coefficient (Wildman–Crippen LogP) is 7.25. The molecule has 1 aliphatic heterocycles. The lowest BCUT2D eigenvalue weighted by atomic mass is 9.88. The van der Waals surface area contributed by atoms with Crippen LogP contribution < -0.4 is 4.90 Å². The second kappa shape index (κ2) is 11.6. The van der Waals surface area contributed by atoms with Gasteiger partial charge in [0.05, 0.1) is 24.0 Å². The minimum Gasteiger partial charge on any atom is -0.443 e. The number of piperidine rings is 1. The van der Waals surface area contributed by atoms with Gasteiger partial charge in [0.1, 0.15) is 11.4 Å². The van der Waals surface area contributed by atoms with E-state index in [1.807, 2.05) is 4.90 Å². The zero-order valence-electron chi connectivity index (χ0n) is 22.2. The normalized spacial score (nSPS) is 14.3. The van der Waals surface area contributed by atoms with E-state index in [-0.39, 0.29) is 12.5 Å². The number of carbonyl (C=O) groups is 2. The summed E-state index contributed by atoms with van der Waals surface area (Å²) in [5, 5.41) is 0. The van der Waals surface area contributed by atoms with Crippen LogP contribution in [-0.4, -0.2) is 40.6 Å². The molecule has 0 N–H and O–H groups in total. The maximum atomic E-state index is 14.7. The zero-order chi connectivity index (χ0) is 27.4. The number of likely N-dealkylation sites (tertiary alicyclic amines) is 1. The summed E-state index contributed by atoms with van der Waals surface area (Å²) in [6, 6.07) is 14.8. The molecule has 4 rings (SSSR count). The van der Waals surface area contributed by atoms with Gasteiger partial charge in [-0.2, -0.15) is 0 Å². The first kappa shape index (κ1) is 27.8. The predicted molar refractivity (Wildman–Crippen MR) is 150 cm³/mol. The maximum absolute atomic E-state index is 14.7. The monoisotopic (exact) mass is 581 g/mol. The summed E-state index contributed by atoms with van der Waals surface area (Å²) in [4.78, 5) is 34.0. The first-order valence-corrected chi connectivity index (χ1v) is 13.5. The van der Waals surface area contributed by atoms with Crippen molar-refractivity contribution in [2.75, 3.05) is 18.0 Å². The van der Waals surface area contributed by atoms with Crippen molar-refractivity contribution in [3.8, 4) is 0 Å². The summed E-state index contributed by atoms with van der Waals surface area (Å²) in [5.41, 5.74) is 2.85. The highest BCUT2D eigenvalue weighted by atomic mass is 79.9. The topological polar surface area (TPSA) is 62.7 Å². The fraction of sp³-hybridized carbons (Fsp3) is 0.367. The third-order valence-corrected chi connectivity index (χ3v) is 7.03. The summed E-state index contributed by atoms with van der Waals surface area (Å²) < 4.78 is 20.9. The Morgan fingerprint density at radius 1 is 1.11 bits per heavy atom. The quantitative estimate of drug-likeness (QED) is 0.318. The van der Waals surface area contributed by atoms with E-state index in [1.54, 1.807) is 39.0 Å². The van der Waals surface area contributed by atoms with Crippen LogP contribution in [0.2, 0.25) is 0 Å². The first-order valence-electron chi connectivity index (χ1n) is 12.8. The summed E-state index contributed by atoms with van der Waals surface area (Å²) in [6.07, 6.45) is 4.11. The Kier molecular flexibility index (Phi) is 8.51. The van der Waals surface area contributed by atoms with Crippen molar-refractivity contribution in [1.29, 1.82) is 0 Å². The van der Waals surface area contributed by atoms with Crippen molar-refractivity contribution < 1.29 is 18.7 Å². The molecule has 0 aliphatic carbocycles. The number of aromatic nitrogens is 1. The molecule has 0 radical (unpaired) electrons. The van der Waals surface area contributed by atoms with Gasteiger partial charge in [0.2, 0.25) is 0 Å². The van der Waals surface area contributed by atoms with Crippen LogP contribution in [-0.2, 0) is 11.3 Å². The van der Waals surface area contributed by atoms with E-state index in [0.29, 0.717) is 40.3 Å². The van der Waals surface area contributed by atoms with Gasteiger partial charge in [0.15, 0.2) is 0 Å². The van der Waals surface area contributed by atoms with E-state index in [1.165, 1.54) is 34.5 Å². The number of pyridine rings is 1. The summed E-state index contributed by atoms with van der Waals surface area (Å²) in [6.45, 7) is 8.60. The maximum Gasteiger partial charge on any atom is 0.415 e. The fourth-order valence-corrected chi connectivity index (χ4v) is 4.95. The highest BCUT2D eigenvalue weighted by Crippen LogP contribution is 2.30. The summed E-state index contributed by atoms with van der Waals surface area (Å²) >= 11 is 3.26. The molecule has 1 aromatic heterocycles. The molecule has 0 bridgehead atoms. The third-order valence-electron chi connectivity index (χ3n) is 6.54. The number of carbonyl (C=O) groups excluding carboxylic acids is 2. The lowest BCUT2D eigenvalue weighted by Gasteiger charge is -2.32. The molecule has 0 atom stereocenters. The van der Waals surface area contributed by atoms with Crippen LogP contribution in [0.5, 0.6) is 0 Å². The molecule has 0 saturated carbocycles. The summed E-state index contributed by atoms with van der Waals surface area (Å²) in [5.74, 6) is -0.169. The lowest BCUT2D eigenvalue weighted by Crippen LogP contribution is -2.38. The van der Waals surface area contributed by atoms with Gasteiger partial charge in [0, 0.05) is 29.3 Å². The number of benzene rings is 2. The average Bonchev–Trinajstić information content (AvgIpc) is 2.87. The molecule has 200 valence electrons. The summed E-state index contributed by atoms with van der Waals surface area (Å²) in [7, 11) is 0. The molecule has 6 nitrogen and oxygen atoms in total. The Balaban J connectivity index is 1.53. The molecule has 0 spiro atoms. The average molecular weight is 583 g/mol. The van der Waals surface area contributed by atoms with Crippen molar-refractivity contribution in [3.05, 3.63) is 93.5 Å². The van der Waals surface area contributed by atoms with Crippen molar-refractivity contribution in [1.82, 2.24) is 9.88 Å². The standard InChI is InChI=1S/C30H33BrFN3O3/c1-20-6-5-7-22(14-20)21-10-12-34(13-11-21)28(36)24-15-26(18-33-17-24)35(29(37)38-30(2,3)4)19-23-8-9-25(31)16-27(23)32/h5-9,14-18,21H,10-13,19H2,1-4H3. The van der Waals surface area contributed by atoms with Crippen molar-refractivity contribution in [3.63, 3.8) is 0 Å². The number of halogens is 2. The van der Waals surface area contributed by atoms with Crippen molar-refractivity contribution in [2.24, 2.45) is 0 Å². The number of anilines is 1. The van der Waals surface area contributed by atoms with Gasteiger partial charge in [-0.25, -0.2) is 9.18 Å². The molecule has 2 heterocycles. The van der Waals surface area contributed by atoms with Gasteiger partial charge in [0.25, 0.3) is 5.91 Å². The molecule has 0 unspecified atom stereocenters. The molecule has 1 fully saturated rings. The Bertz CT molecular complexity index is 1320. The number of nitrogens with zero attached hydrogens (tertiary/aromatic N) is 3.